The number of halogens is 1. The third-order valence-electron chi connectivity index (χ3n) is 3.04. The molecule has 2 aromatic carbocycles. The number of hydrogen-bond acceptors (Lipinski definition) is 2. The standard InChI is InChI=1S/C16H16BrNO2/c17-15-9-5-4-6-13(15)12-18(11-10-16(19)20)14-7-2-1-3-8-14/h1-9H,10-12H2,(H,19,20). The lowest BCUT2D eigenvalue weighted by atomic mass is 10.2. The fourth-order valence-corrected chi connectivity index (χ4v) is 2.41. The number of nitrogens with zero attached hydrogens (tertiary/aromatic N) is 1. The Hall–Kier alpha value is -1.81. The summed E-state index contributed by atoms with van der Waals surface area (Å²) in [5, 5.41) is 8.89. The van der Waals surface area contributed by atoms with Crippen molar-refractivity contribution in [3.8, 4) is 0 Å². The van der Waals surface area contributed by atoms with Crippen LogP contribution in [-0.4, -0.2) is 17.6 Å². The lowest BCUT2D eigenvalue weighted by molar-refractivity contribution is -0.136. The molecule has 0 fully saturated rings. The lowest BCUT2D eigenvalue weighted by Crippen LogP contribution is -2.25. The lowest BCUT2D eigenvalue weighted by Gasteiger charge is -2.24. The van der Waals surface area contributed by atoms with Crippen LogP contribution in [-0.2, 0) is 11.3 Å². The minimum atomic E-state index is -0.780. The highest BCUT2D eigenvalue weighted by molar-refractivity contribution is 9.10. The van der Waals surface area contributed by atoms with Crippen molar-refractivity contribution in [2.45, 2.75) is 13.0 Å². The zero-order valence-electron chi connectivity index (χ0n) is 11.0. The molecular formula is C16H16BrNO2. The van der Waals surface area contributed by atoms with E-state index in [0.717, 1.165) is 15.7 Å². The molecule has 0 saturated carbocycles. The summed E-state index contributed by atoms with van der Waals surface area (Å²) in [5.74, 6) is -0.780. The van der Waals surface area contributed by atoms with Gasteiger partial charge in [-0.1, -0.05) is 52.3 Å². The van der Waals surface area contributed by atoms with Crippen LogP contribution < -0.4 is 4.90 Å². The SMILES string of the molecule is O=C(O)CCN(Cc1ccccc1Br)c1ccccc1. The second kappa shape index (κ2) is 7.10. The molecule has 3 nitrogen and oxygen atoms in total. The van der Waals surface area contributed by atoms with E-state index >= 15 is 0 Å². The van der Waals surface area contributed by atoms with Crippen LogP contribution in [0.25, 0.3) is 0 Å². The molecule has 1 N–H and O–H groups in total. The van der Waals surface area contributed by atoms with Gasteiger partial charge < -0.3 is 10.0 Å². The number of benzene rings is 2. The molecule has 104 valence electrons. The van der Waals surface area contributed by atoms with E-state index in [0.29, 0.717) is 13.1 Å². The molecule has 0 aliphatic carbocycles. The minimum absolute atomic E-state index is 0.124. The molecule has 20 heavy (non-hydrogen) atoms. The Labute approximate surface area is 127 Å². The van der Waals surface area contributed by atoms with Crippen LogP contribution in [0.1, 0.15) is 12.0 Å². The molecule has 0 bridgehead atoms. The molecule has 0 aliphatic rings. The maximum Gasteiger partial charge on any atom is 0.305 e. The van der Waals surface area contributed by atoms with Crippen molar-refractivity contribution in [2.24, 2.45) is 0 Å². The average molecular weight is 334 g/mol. The smallest absolute Gasteiger partial charge is 0.305 e. The molecule has 2 rings (SSSR count). The molecule has 0 heterocycles. The highest BCUT2D eigenvalue weighted by Crippen LogP contribution is 2.22. The van der Waals surface area contributed by atoms with Crippen molar-refractivity contribution in [2.75, 3.05) is 11.4 Å². The van der Waals surface area contributed by atoms with Gasteiger partial charge in [0, 0.05) is 23.2 Å². The summed E-state index contributed by atoms with van der Waals surface area (Å²) in [6.45, 7) is 1.17. The van der Waals surface area contributed by atoms with E-state index in [2.05, 4.69) is 20.8 Å². The number of carboxylic acid groups (broad SMARTS) is 1. The first kappa shape index (κ1) is 14.6. The van der Waals surface area contributed by atoms with Crippen molar-refractivity contribution in [3.63, 3.8) is 0 Å². The van der Waals surface area contributed by atoms with E-state index in [4.69, 9.17) is 5.11 Å². The summed E-state index contributed by atoms with van der Waals surface area (Å²) < 4.78 is 1.04. The van der Waals surface area contributed by atoms with Crippen molar-refractivity contribution in [1.29, 1.82) is 0 Å². The predicted octanol–water partition coefficient (Wildman–Crippen LogP) is 3.93. The van der Waals surface area contributed by atoms with E-state index in [1.165, 1.54) is 0 Å². The van der Waals surface area contributed by atoms with Gasteiger partial charge in [0.2, 0.25) is 0 Å². The van der Waals surface area contributed by atoms with Gasteiger partial charge in [0.25, 0.3) is 0 Å². The molecule has 4 heteroatoms. The summed E-state index contributed by atoms with van der Waals surface area (Å²) in [4.78, 5) is 12.9. The quantitative estimate of drug-likeness (QED) is 0.870. The van der Waals surface area contributed by atoms with E-state index in [9.17, 15) is 4.79 Å². The molecule has 2 aromatic rings. The maximum atomic E-state index is 10.8. The minimum Gasteiger partial charge on any atom is -0.481 e. The van der Waals surface area contributed by atoms with Crippen molar-refractivity contribution in [3.05, 3.63) is 64.6 Å². The van der Waals surface area contributed by atoms with Crippen LogP contribution in [0, 0.1) is 0 Å². The maximum absolute atomic E-state index is 10.8. The summed E-state index contributed by atoms with van der Waals surface area (Å²) in [5.41, 5.74) is 2.17. The van der Waals surface area contributed by atoms with Gasteiger partial charge in [-0.25, -0.2) is 0 Å². The summed E-state index contributed by atoms with van der Waals surface area (Å²) >= 11 is 3.53. The van der Waals surface area contributed by atoms with Crippen LogP contribution in [0.2, 0.25) is 0 Å². The van der Waals surface area contributed by atoms with Crippen LogP contribution >= 0.6 is 15.9 Å². The third kappa shape index (κ3) is 4.10. The number of rotatable bonds is 6. The van der Waals surface area contributed by atoms with Crippen molar-refractivity contribution in [1.82, 2.24) is 0 Å². The number of carboxylic acids is 1. The topological polar surface area (TPSA) is 40.5 Å². The van der Waals surface area contributed by atoms with Crippen molar-refractivity contribution >= 4 is 27.6 Å². The Morgan fingerprint density at radius 1 is 1.05 bits per heavy atom. The zero-order chi connectivity index (χ0) is 14.4. The van der Waals surface area contributed by atoms with Gasteiger partial charge in [-0.3, -0.25) is 4.79 Å². The number of aliphatic carboxylic acids is 1. The van der Waals surface area contributed by atoms with Gasteiger partial charge in [-0.2, -0.15) is 0 Å². The fourth-order valence-electron chi connectivity index (χ4n) is 2.00. The van der Waals surface area contributed by atoms with Crippen LogP contribution in [0.4, 0.5) is 5.69 Å². The van der Waals surface area contributed by atoms with Crippen LogP contribution in [0.5, 0.6) is 0 Å². The monoisotopic (exact) mass is 333 g/mol. The first-order valence-corrected chi connectivity index (χ1v) is 7.21. The van der Waals surface area contributed by atoms with Gasteiger partial charge >= 0.3 is 5.97 Å². The van der Waals surface area contributed by atoms with Gasteiger partial charge in [0.1, 0.15) is 0 Å². The normalized spacial score (nSPS) is 10.2. The number of hydrogen-bond donors (Lipinski definition) is 1. The van der Waals surface area contributed by atoms with Crippen molar-refractivity contribution < 1.29 is 9.90 Å². The van der Waals surface area contributed by atoms with Gasteiger partial charge in [-0.15, -0.1) is 0 Å². The number of para-hydroxylation sites is 1. The Balaban J connectivity index is 2.18. The average Bonchev–Trinajstić information content (AvgIpc) is 2.46. The van der Waals surface area contributed by atoms with E-state index < -0.39 is 5.97 Å². The molecular weight excluding hydrogens is 318 g/mol. The van der Waals surface area contributed by atoms with E-state index in [1.54, 1.807) is 0 Å². The molecule has 0 radical (unpaired) electrons. The second-order valence-corrected chi connectivity index (χ2v) is 5.35. The molecule has 0 saturated heterocycles. The summed E-state index contributed by atoms with van der Waals surface area (Å²) in [7, 11) is 0. The molecule has 0 aromatic heterocycles. The highest BCUT2D eigenvalue weighted by atomic mass is 79.9. The second-order valence-electron chi connectivity index (χ2n) is 4.49. The van der Waals surface area contributed by atoms with Crippen LogP contribution in [0.15, 0.2) is 59.1 Å². The third-order valence-corrected chi connectivity index (χ3v) is 3.81. The highest BCUT2D eigenvalue weighted by Gasteiger charge is 2.10. The van der Waals surface area contributed by atoms with Gasteiger partial charge in [0.15, 0.2) is 0 Å². The first-order valence-electron chi connectivity index (χ1n) is 6.42. The molecule has 0 atom stereocenters. The number of anilines is 1. The zero-order valence-corrected chi connectivity index (χ0v) is 12.6. The number of carbonyl (C=O) groups is 1. The van der Waals surface area contributed by atoms with E-state index in [1.807, 2.05) is 54.6 Å². The first-order chi connectivity index (χ1) is 9.66. The molecule has 0 aliphatic heterocycles. The summed E-state index contributed by atoms with van der Waals surface area (Å²) in [6.07, 6.45) is 0.124. The van der Waals surface area contributed by atoms with Gasteiger partial charge in [0.05, 0.1) is 6.42 Å². The Morgan fingerprint density at radius 3 is 2.35 bits per heavy atom. The Kier molecular flexibility index (Phi) is 5.18. The largest absolute Gasteiger partial charge is 0.481 e. The van der Waals surface area contributed by atoms with Gasteiger partial charge in [-0.05, 0) is 23.8 Å². The van der Waals surface area contributed by atoms with E-state index in [-0.39, 0.29) is 6.42 Å². The Bertz CT molecular complexity index is 572. The Morgan fingerprint density at radius 2 is 1.70 bits per heavy atom. The fraction of sp³-hybridized carbons (Fsp3) is 0.188. The predicted molar refractivity (Wildman–Crippen MR) is 83.9 cm³/mol. The molecule has 0 unspecified atom stereocenters. The van der Waals surface area contributed by atoms with Crippen LogP contribution in [0.3, 0.4) is 0 Å². The summed E-state index contributed by atoms with van der Waals surface area (Å²) in [6, 6.07) is 17.9. The molecule has 0 spiro atoms. The molecule has 0 amide bonds.